The number of esters is 1. The van der Waals surface area contributed by atoms with E-state index in [2.05, 4.69) is 0 Å². The molecule has 2 unspecified atom stereocenters. The molecule has 0 aliphatic carbocycles. The number of unbranched alkanes of at least 4 members (excludes halogenated alkanes) is 1. The van der Waals surface area contributed by atoms with E-state index in [1.807, 2.05) is 13.8 Å². The zero-order chi connectivity index (χ0) is 13.5. The van der Waals surface area contributed by atoms with Gasteiger partial charge in [0.25, 0.3) is 0 Å². The molecule has 0 heterocycles. The van der Waals surface area contributed by atoms with Crippen LogP contribution in [0, 0.1) is 5.92 Å². The minimum Gasteiger partial charge on any atom is -0.454 e. The van der Waals surface area contributed by atoms with Crippen molar-refractivity contribution in [1.82, 2.24) is 0 Å². The molecule has 0 saturated carbocycles. The molecule has 0 aromatic rings. The lowest BCUT2D eigenvalue weighted by Crippen LogP contribution is -2.45. The van der Waals surface area contributed by atoms with Gasteiger partial charge in [0.2, 0.25) is 0 Å². The van der Waals surface area contributed by atoms with Crippen LogP contribution in [0.1, 0.15) is 52.9 Å². The van der Waals surface area contributed by atoms with Gasteiger partial charge in [0, 0.05) is 0 Å². The second-order valence-corrected chi connectivity index (χ2v) is 4.27. The molecule has 0 bridgehead atoms. The van der Waals surface area contributed by atoms with Crippen molar-refractivity contribution in [2.75, 3.05) is 0 Å². The van der Waals surface area contributed by atoms with E-state index in [1.54, 1.807) is 6.92 Å². The molecular formula is C12H24O5. The van der Waals surface area contributed by atoms with Crippen LogP contribution in [0.5, 0.6) is 0 Å². The number of ether oxygens (including phenoxy) is 1. The fourth-order valence-electron chi connectivity index (χ4n) is 1.61. The Morgan fingerprint density at radius 2 is 1.76 bits per heavy atom. The van der Waals surface area contributed by atoms with Crippen LogP contribution in [0.3, 0.4) is 0 Å². The summed E-state index contributed by atoms with van der Waals surface area (Å²) >= 11 is 0. The van der Waals surface area contributed by atoms with Gasteiger partial charge in [-0.3, -0.25) is 4.79 Å². The van der Waals surface area contributed by atoms with Crippen molar-refractivity contribution < 1.29 is 24.9 Å². The van der Waals surface area contributed by atoms with Crippen molar-refractivity contribution in [2.45, 2.75) is 65.0 Å². The van der Waals surface area contributed by atoms with Crippen LogP contribution in [-0.2, 0) is 9.53 Å². The highest BCUT2D eigenvalue weighted by Gasteiger charge is 2.35. The molecule has 0 aliphatic heterocycles. The van der Waals surface area contributed by atoms with Crippen molar-refractivity contribution in [3.05, 3.63) is 0 Å². The highest BCUT2D eigenvalue weighted by Crippen LogP contribution is 2.18. The van der Waals surface area contributed by atoms with Gasteiger partial charge in [-0.05, 0) is 19.3 Å². The lowest BCUT2D eigenvalue weighted by molar-refractivity contribution is -0.356. The summed E-state index contributed by atoms with van der Waals surface area (Å²) in [5.41, 5.74) is 0. The molecule has 0 saturated heterocycles. The smallest absolute Gasteiger partial charge is 0.314 e. The SMILES string of the molecule is CCCCC(CC)C(=O)OC(CC)C(O)(O)O. The molecule has 3 N–H and O–H groups in total. The molecule has 0 aromatic heterocycles. The number of hydrogen-bond donors (Lipinski definition) is 3. The molecule has 0 amide bonds. The Balaban J connectivity index is 4.37. The number of rotatable bonds is 8. The Labute approximate surface area is 102 Å². The van der Waals surface area contributed by atoms with E-state index in [-0.39, 0.29) is 12.3 Å². The Kier molecular flexibility index (Phi) is 7.34. The summed E-state index contributed by atoms with van der Waals surface area (Å²) in [6.07, 6.45) is 2.12. The summed E-state index contributed by atoms with van der Waals surface area (Å²) in [7, 11) is 0. The van der Waals surface area contributed by atoms with E-state index in [4.69, 9.17) is 20.1 Å². The molecular weight excluding hydrogens is 224 g/mol. The lowest BCUT2D eigenvalue weighted by Gasteiger charge is -2.26. The topological polar surface area (TPSA) is 87.0 Å². The Morgan fingerprint density at radius 3 is 2.12 bits per heavy atom. The molecule has 0 aromatic carbocycles. The molecule has 5 heteroatoms. The third-order valence-corrected chi connectivity index (χ3v) is 2.79. The van der Waals surface area contributed by atoms with Crippen LogP contribution in [-0.4, -0.2) is 33.4 Å². The predicted octanol–water partition coefficient (Wildman–Crippen LogP) is 1.16. The lowest BCUT2D eigenvalue weighted by atomic mass is 9.99. The molecule has 0 radical (unpaired) electrons. The normalized spacial score (nSPS) is 15.4. The zero-order valence-corrected chi connectivity index (χ0v) is 10.8. The maximum Gasteiger partial charge on any atom is 0.314 e. The van der Waals surface area contributed by atoms with Gasteiger partial charge >= 0.3 is 11.9 Å². The van der Waals surface area contributed by atoms with E-state index >= 15 is 0 Å². The van der Waals surface area contributed by atoms with Gasteiger partial charge in [-0.15, -0.1) is 0 Å². The largest absolute Gasteiger partial charge is 0.454 e. The fourth-order valence-corrected chi connectivity index (χ4v) is 1.61. The fraction of sp³-hybridized carbons (Fsp3) is 0.917. The number of carbonyl (C=O) groups excluding carboxylic acids is 1. The highest BCUT2D eigenvalue weighted by atomic mass is 16.7. The van der Waals surface area contributed by atoms with Gasteiger partial charge < -0.3 is 20.1 Å². The summed E-state index contributed by atoms with van der Waals surface area (Å²) < 4.78 is 4.93. The monoisotopic (exact) mass is 248 g/mol. The first-order valence-electron chi connectivity index (χ1n) is 6.24. The molecule has 0 fully saturated rings. The predicted molar refractivity (Wildman–Crippen MR) is 62.9 cm³/mol. The van der Waals surface area contributed by atoms with E-state index in [0.717, 1.165) is 19.3 Å². The molecule has 2 atom stereocenters. The Hall–Kier alpha value is -0.650. The number of hydrogen-bond acceptors (Lipinski definition) is 5. The minimum atomic E-state index is -2.96. The van der Waals surface area contributed by atoms with E-state index < -0.39 is 18.0 Å². The maximum atomic E-state index is 11.7. The van der Waals surface area contributed by atoms with Crippen LogP contribution >= 0.6 is 0 Å². The number of carbonyl (C=O) groups is 1. The summed E-state index contributed by atoms with van der Waals surface area (Å²) in [4.78, 5) is 11.7. The summed E-state index contributed by atoms with van der Waals surface area (Å²) in [5, 5.41) is 27.0. The van der Waals surface area contributed by atoms with Crippen LogP contribution in [0.2, 0.25) is 0 Å². The minimum absolute atomic E-state index is 0.138. The van der Waals surface area contributed by atoms with E-state index in [1.165, 1.54) is 0 Å². The molecule has 102 valence electrons. The van der Waals surface area contributed by atoms with E-state index in [0.29, 0.717) is 6.42 Å². The van der Waals surface area contributed by atoms with Crippen LogP contribution in [0.15, 0.2) is 0 Å². The van der Waals surface area contributed by atoms with Gasteiger partial charge in [-0.1, -0.05) is 33.6 Å². The first-order valence-corrected chi connectivity index (χ1v) is 6.24. The van der Waals surface area contributed by atoms with Crippen LogP contribution in [0.4, 0.5) is 0 Å². The third-order valence-electron chi connectivity index (χ3n) is 2.79. The second-order valence-electron chi connectivity index (χ2n) is 4.27. The highest BCUT2D eigenvalue weighted by molar-refractivity contribution is 5.72. The average Bonchev–Trinajstić information content (AvgIpc) is 2.25. The Morgan fingerprint density at radius 1 is 1.18 bits per heavy atom. The summed E-state index contributed by atoms with van der Waals surface area (Å²) in [5.74, 6) is -3.69. The second kappa shape index (κ2) is 7.63. The van der Waals surface area contributed by atoms with Crippen molar-refractivity contribution in [2.24, 2.45) is 5.92 Å². The summed E-state index contributed by atoms with van der Waals surface area (Å²) in [6.45, 7) is 5.52. The first-order chi connectivity index (χ1) is 7.86. The van der Waals surface area contributed by atoms with Gasteiger partial charge in [0.15, 0.2) is 6.10 Å². The average molecular weight is 248 g/mol. The quantitative estimate of drug-likeness (QED) is 0.443. The van der Waals surface area contributed by atoms with Gasteiger partial charge in [0.1, 0.15) is 0 Å². The van der Waals surface area contributed by atoms with Crippen molar-refractivity contribution in [3.63, 3.8) is 0 Å². The van der Waals surface area contributed by atoms with Gasteiger partial charge in [-0.25, -0.2) is 0 Å². The van der Waals surface area contributed by atoms with Crippen LogP contribution < -0.4 is 0 Å². The van der Waals surface area contributed by atoms with Crippen LogP contribution in [0.25, 0.3) is 0 Å². The number of aliphatic hydroxyl groups is 3. The van der Waals surface area contributed by atoms with Crippen molar-refractivity contribution in [1.29, 1.82) is 0 Å². The van der Waals surface area contributed by atoms with E-state index in [9.17, 15) is 4.79 Å². The zero-order valence-electron chi connectivity index (χ0n) is 10.8. The molecule has 17 heavy (non-hydrogen) atoms. The van der Waals surface area contributed by atoms with Crippen molar-refractivity contribution >= 4 is 5.97 Å². The first kappa shape index (κ1) is 16.4. The molecule has 0 aliphatic rings. The van der Waals surface area contributed by atoms with Gasteiger partial charge in [-0.2, -0.15) is 0 Å². The molecule has 5 nitrogen and oxygen atoms in total. The van der Waals surface area contributed by atoms with Gasteiger partial charge in [0.05, 0.1) is 5.92 Å². The third kappa shape index (κ3) is 6.00. The summed E-state index contributed by atoms with van der Waals surface area (Å²) in [6, 6.07) is 0. The molecule has 0 spiro atoms. The standard InChI is InChI=1S/C12H24O5/c1-4-7-8-9(5-2)11(13)17-10(6-3)12(14,15)16/h9-10,14-16H,4-8H2,1-3H3. The maximum absolute atomic E-state index is 11.7. The molecule has 0 rings (SSSR count). The Bertz CT molecular complexity index is 221. The van der Waals surface area contributed by atoms with Crippen molar-refractivity contribution in [3.8, 4) is 0 Å².